The fraction of sp³-hybridized carbons (Fsp3) is 0.308. The third-order valence-corrected chi connectivity index (χ3v) is 6.64. The second-order valence-corrected chi connectivity index (χ2v) is 9.18. The van der Waals surface area contributed by atoms with Gasteiger partial charge in [-0.05, 0) is 24.5 Å². The van der Waals surface area contributed by atoms with Crippen LogP contribution in [0.5, 0.6) is 0 Å². The van der Waals surface area contributed by atoms with Crippen molar-refractivity contribution in [1.29, 1.82) is 5.41 Å². The summed E-state index contributed by atoms with van der Waals surface area (Å²) in [6, 6.07) is 19.8. The third kappa shape index (κ3) is 6.46. The fourth-order valence-corrected chi connectivity index (χ4v) is 4.43. The maximum Gasteiger partial charge on any atom is 0.294 e. The summed E-state index contributed by atoms with van der Waals surface area (Å²) in [5.41, 5.74) is 7.58. The van der Waals surface area contributed by atoms with Crippen molar-refractivity contribution >= 4 is 29.3 Å². The molecule has 0 aliphatic carbocycles. The molecule has 5 N–H and O–H groups in total. The molecule has 2 aromatic carbocycles. The molecule has 1 saturated heterocycles. The molecule has 2 heterocycles. The molecule has 37 heavy (non-hydrogen) atoms. The molecular formula is C26H30ClN7O3. The first-order valence-electron chi connectivity index (χ1n) is 12.0. The number of nitrogens with zero attached hydrogens (tertiary/aromatic N) is 3. The Morgan fingerprint density at radius 2 is 1.81 bits per heavy atom. The predicted molar refractivity (Wildman–Crippen MR) is 143 cm³/mol. The molecule has 1 aliphatic heterocycles. The number of guanidine groups is 1. The van der Waals surface area contributed by atoms with Gasteiger partial charge < -0.3 is 16.4 Å². The monoisotopic (exact) mass is 523 g/mol. The Bertz CT molecular complexity index is 1250. The number of halogens is 1. The number of carbonyl (C=O) groups excluding carboxylic acids is 1. The predicted octanol–water partition coefficient (Wildman–Crippen LogP) is 2.46. The summed E-state index contributed by atoms with van der Waals surface area (Å²) in [6.45, 7) is 2.42. The standard InChI is InChI=1S/C26H30ClN7O3/c1-17-23(27)32-24(30-14-21(18-8-4-2-5-9-18)19-10-6-3-7-11-19)25(36)33(17)15-22(35)31-20-12-13-34(26(28)29)37-16-20/h2-11,20-21H,12-16H2,1H3,(H3,28,29)(H,30,32)(H,31,35). The number of anilines is 1. The lowest BCUT2D eigenvalue weighted by Gasteiger charge is -2.31. The number of hydrogen-bond acceptors (Lipinski definition) is 6. The molecule has 0 spiro atoms. The van der Waals surface area contributed by atoms with Crippen molar-refractivity contribution in [3.63, 3.8) is 0 Å². The topological polar surface area (TPSA) is 138 Å². The second kappa shape index (κ2) is 11.9. The number of rotatable bonds is 8. The van der Waals surface area contributed by atoms with Crippen molar-refractivity contribution < 1.29 is 9.63 Å². The zero-order valence-corrected chi connectivity index (χ0v) is 21.2. The van der Waals surface area contributed by atoms with Crippen LogP contribution < -0.4 is 21.9 Å². The molecule has 11 heteroatoms. The molecule has 0 bridgehead atoms. The van der Waals surface area contributed by atoms with E-state index in [1.165, 1.54) is 9.63 Å². The average molecular weight is 524 g/mol. The van der Waals surface area contributed by atoms with Crippen LogP contribution in [0.3, 0.4) is 0 Å². The lowest BCUT2D eigenvalue weighted by Crippen LogP contribution is -2.50. The van der Waals surface area contributed by atoms with E-state index in [4.69, 9.17) is 27.6 Å². The van der Waals surface area contributed by atoms with E-state index >= 15 is 0 Å². The Morgan fingerprint density at radius 1 is 1.19 bits per heavy atom. The Hall–Kier alpha value is -3.89. The van der Waals surface area contributed by atoms with E-state index in [0.717, 1.165) is 11.1 Å². The maximum absolute atomic E-state index is 13.3. The van der Waals surface area contributed by atoms with Gasteiger partial charge in [0.25, 0.3) is 5.56 Å². The number of benzene rings is 2. The van der Waals surface area contributed by atoms with Crippen molar-refractivity contribution in [2.24, 2.45) is 5.73 Å². The summed E-state index contributed by atoms with van der Waals surface area (Å²) < 4.78 is 1.32. The highest BCUT2D eigenvalue weighted by Gasteiger charge is 2.24. The zero-order chi connectivity index (χ0) is 26.4. The van der Waals surface area contributed by atoms with Gasteiger partial charge in [0.2, 0.25) is 11.9 Å². The molecule has 1 aromatic heterocycles. The van der Waals surface area contributed by atoms with E-state index in [2.05, 4.69) is 15.6 Å². The first-order chi connectivity index (χ1) is 17.8. The molecule has 1 amide bonds. The van der Waals surface area contributed by atoms with Crippen molar-refractivity contribution in [3.8, 4) is 0 Å². The molecule has 4 rings (SSSR count). The van der Waals surface area contributed by atoms with Gasteiger partial charge in [-0.3, -0.25) is 24.4 Å². The molecule has 1 aliphatic rings. The number of nitrogens with two attached hydrogens (primary N) is 1. The van der Waals surface area contributed by atoms with Crippen LogP contribution in [0.15, 0.2) is 65.5 Å². The van der Waals surface area contributed by atoms with Gasteiger partial charge in [0.05, 0.1) is 24.9 Å². The zero-order valence-electron chi connectivity index (χ0n) is 20.5. The SMILES string of the molecule is Cc1c(Cl)nc(NCC(c2ccccc2)c2ccccc2)c(=O)n1CC(=O)NC1CCN(C(=N)N)OC1. The normalized spacial score (nSPS) is 15.4. The van der Waals surface area contributed by atoms with Crippen LogP contribution in [-0.2, 0) is 16.2 Å². The summed E-state index contributed by atoms with van der Waals surface area (Å²) >= 11 is 6.36. The Morgan fingerprint density at radius 3 is 2.35 bits per heavy atom. The van der Waals surface area contributed by atoms with E-state index < -0.39 is 5.56 Å². The van der Waals surface area contributed by atoms with Crippen LogP contribution in [0.2, 0.25) is 5.15 Å². The van der Waals surface area contributed by atoms with Crippen molar-refractivity contribution in [1.82, 2.24) is 19.9 Å². The second-order valence-electron chi connectivity index (χ2n) is 8.82. The van der Waals surface area contributed by atoms with E-state index in [1.54, 1.807) is 6.92 Å². The van der Waals surface area contributed by atoms with Crippen LogP contribution in [0.4, 0.5) is 5.82 Å². The van der Waals surface area contributed by atoms with Crippen molar-refractivity contribution in [3.05, 3.63) is 93.0 Å². The summed E-state index contributed by atoms with van der Waals surface area (Å²) in [5, 5.41) is 14.9. The summed E-state index contributed by atoms with van der Waals surface area (Å²) in [4.78, 5) is 35.7. The van der Waals surface area contributed by atoms with Gasteiger partial charge in [-0.1, -0.05) is 72.3 Å². The van der Waals surface area contributed by atoms with Gasteiger partial charge in [-0.25, -0.2) is 10.0 Å². The summed E-state index contributed by atoms with van der Waals surface area (Å²) in [7, 11) is 0. The van der Waals surface area contributed by atoms with Crippen molar-refractivity contribution in [2.75, 3.05) is 25.0 Å². The largest absolute Gasteiger partial charge is 0.368 e. The highest BCUT2D eigenvalue weighted by Crippen LogP contribution is 2.25. The van der Waals surface area contributed by atoms with Crippen LogP contribution >= 0.6 is 11.6 Å². The first kappa shape index (κ1) is 26.2. The van der Waals surface area contributed by atoms with E-state index in [1.807, 2.05) is 60.7 Å². The third-order valence-electron chi connectivity index (χ3n) is 6.29. The molecule has 1 atom stereocenters. The van der Waals surface area contributed by atoms with E-state index in [0.29, 0.717) is 25.2 Å². The number of amides is 1. The Kier molecular flexibility index (Phi) is 8.42. The van der Waals surface area contributed by atoms with Crippen LogP contribution in [-0.4, -0.2) is 52.2 Å². The molecular weight excluding hydrogens is 494 g/mol. The van der Waals surface area contributed by atoms with Crippen LogP contribution in [0, 0.1) is 12.3 Å². The van der Waals surface area contributed by atoms with Gasteiger partial charge in [0, 0.05) is 12.5 Å². The number of hydrogen-bond donors (Lipinski definition) is 4. The quantitative estimate of drug-likeness (QED) is 0.263. The highest BCUT2D eigenvalue weighted by molar-refractivity contribution is 6.30. The minimum absolute atomic E-state index is 0.0266. The molecule has 0 radical (unpaired) electrons. The minimum Gasteiger partial charge on any atom is -0.368 e. The number of carbonyl (C=O) groups is 1. The number of aromatic nitrogens is 2. The highest BCUT2D eigenvalue weighted by atomic mass is 35.5. The molecule has 3 aromatic rings. The lowest BCUT2D eigenvalue weighted by atomic mass is 9.91. The molecule has 0 saturated carbocycles. The van der Waals surface area contributed by atoms with Gasteiger partial charge in [-0.2, -0.15) is 0 Å². The smallest absolute Gasteiger partial charge is 0.294 e. The van der Waals surface area contributed by atoms with Gasteiger partial charge >= 0.3 is 0 Å². The minimum atomic E-state index is -0.431. The Balaban J connectivity index is 1.48. The molecule has 10 nitrogen and oxygen atoms in total. The van der Waals surface area contributed by atoms with Crippen LogP contribution in [0.25, 0.3) is 0 Å². The maximum atomic E-state index is 13.3. The van der Waals surface area contributed by atoms with Gasteiger partial charge in [0.15, 0.2) is 11.0 Å². The lowest BCUT2D eigenvalue weighted by molar-refractivity contribution is -0.143. The van der Waals surface area contributed by atoms with E-state index in [-0.39, 0.29) is 47.9 Å². The van der Waals surface area contributed by atoms with Gasteiger partial charge in [0.1, 0.15) is 6.54 Å². The fourth-order valence-electron chi connectivity index (χ4n) is 4.24. The molecule has 1 fully saturated rings. The molecule has 194 valence electrons. The van der Waals surface area contributed by atoms with Crippen LogP contribution in [0.1, 0.15) is 29.2 Å². The number of nitrogens with one attached hydrogen (secondary N) is 3. The summed E-state index contributed by atoms with van der Waals surface area (Å²) in [6.07, 6.45) is 0.559. The van der Waals surface area contributed by atoms with Crippen molar-refractivity contribution in [2.45, 2.75) is 31.8 Å². The first-order valence-corrected chi connectivity index (χ1v) is 12.4. The van der Waals surface area contributed by atoms with Gasteiger partial charge in [-0.15, -0.1) is 0 Å². The molecule has 1 unspecified atom stereocenters. The average Bonchev–Trinajstić information content (AvgIpc) is 2.91. The summed E-state index contributed by atoms with van der Waals surface area (Å²) in [5.74, 6) is -0.477. The number of hydroxylamine groups is 2. The van der Waals surface area contributed by atoms with E-state index in [9.17, 15) is 9.59 Å². The Labute approximate surface area is 219 Å².